The lowest BCUT2D eigenvalue weighted by Gasteiger charge is -2.26. The molecule has 12 heteroatoms. The number of H-pyrrole nitrogens is 1. The number of hydrogen-bond acceptors (Lipinski definition) is 7. The summed E-state index contributed by atoms with van der Waals surface area (Å²) >= 11 is 1.53. The van der Waals surface area contributed by atoms with E-state index in [1.54, 1.807) is 6.20 Å². The lowest BCUT2D eigenvalue weighted by atomic mass is 10.0. The van der Waals surface area contributed by atoms with Crippen molar-refractivity contribution < 1.29 is 19.2 Å². The number of aromatic nitrogens is 2. The van der Waals surface area contributed by atoms with Crippen LogP contribution in [0.5, 0.6) is 0 Å². The van der Waals surface area contributed by atoms with Crippen LogP contribution < -0.4 is 27.4 Å². The first-order chi connectivity index (χ1) is 15.0. The molecule has 32 heavy (non-hydrogen) atoms. The molecule has 0 spiro atoms. The van der Waals surface area contributed by atoms with Crippen molar-refractivity contribution in [2.75, 3.05) is 12.0 Å². The van der Waals surface area contributed by atoms with Gasteiger partial charge in [-0.3, -0.25) is 19.2 Å². The number of rotatable bonds is 14. The Labute approximate surface area is 192 Å². The molecule has 0 saturated heterocycles. The first-order valence-corrected chi connectivity index (χ1v) is 11.9. The molecule has 4 atom stereocenters. The molecule has 1 heterocycles. The maximum absolute atomic E-state index is 13.0. The molecule has 0 aliphatic heterocycles. The highest BCUT2D eigenvalue weighted by Crippen LogP contribution is 2.08. The molecule has 0 aliphatic carbocycles. The lowest BCUT2D eigenvalue weighted by Crippen LogP contribution is -2.58. The average molecular weight is 470 g/mol. The van der Waals surface area contributed by atoms with Gasteiger partial charge in [-0.1, -0.05) is 13.8 Å². The fraction of sp³-hybridized carbons (Fsp3) is 0.650. The first-order valence-electron chi connectivity index (χ1n) is 10.5. The number of aromatic amines is 1. The van der Waals surface area contributed by atoms with Gasteiger partial charge in [-0.15, -0.1) is 0 Å². The van der Waals surface area contributed by atoms with E-state index in [1.165, 1.54) is 25.0 Å². The summed E-state index contributed by atoms with van der Waals surface area (Å²) in [4.78, 5) is 56.6. The van der Waals surface area contributed by atoms with Crippen molar-refractivity contribution in [3.05, 3.63) is 18.2 Å². The minimum absolute atomic E-state index is 0.0778. The number of amides is 4. The van der Waals surface area contributed by atoms with Gasteiger partial charge in [-0.2, -0.15) is 11.8 Å². The van der Waals surface area contributed by atoms with E-state index in [-0.39, 0.29) is 12.3 Å². The number of hydrogen-bond donors (Lipinski definition) is 6. The van der Waals surface area contributed by atoms with Crippen molar-refractivity contribution in [1.82, 2.24) is 25.9 Å². The van der Waals surface area contributed by atoms with Crippen LogP contribution >= 0.6 is 11.8 Å². The molecule has 0 unspecified atom stereocenters. The molecule has 0 saturated carbocycles. The van der Waals surface area contributed by atoms with Crippen LogP contribution in [0.4, 0.5) is 0 Å². The van der Waals surface area contributed by atoms with E-state index < -0.39 is 47.8 Å². The van der Waals surface area contributed by atoms with E-state index in [2.05, 4.69) is 25.9 Å². The number of carbonyl (C=O) groups excluding carboxylic acids is 4. The number of nitrogens with two attached hydrogens (primary N) is 2. The van der Waals surface area contributed by atoms with Crippen LogP contribution in [0.2, 0.25) is 0 Å². The third-order valence-corrected chi connectivity index (χ3v) is 5.28. The fourth-order valence-corrected chi connectivity index (χ4v) is 3.37. The summed E-state index contributed by atoms with van der Waals surface area (Å²) < 4.78 is 0. The molecule has 8 N–H and O–H groups in total. The molecule has 0 fully saturated rings. The van der Waals surface area contributed by atoms with Crippen LogP contribution in [-0.2, 0) is 25.6 Å². The van der Waals surface area contributed by atoms with Crippen molar-refractivity contribution in [2.45, 2.75) is 64.2 Å². The number of thioether (sulfide) groups is 1. The predicted octanol–water partition coefficient (Wildman–Crippen LogP) is -0.962. The first kappa shape index (κ1) is 27.4. The lowest BCUT2D eigenvalue weighted by molar-refractivity contribution is -0.133. The largest absolute Gasteiger partial charge is 0.368 e. The summed E-state index contributed by atoms with van der Waals surface area (Å²) in [6, 6.07) is -3.52. The third-order valence-electron chi connectivity index (χ3n) is 4.64. The van der Waals surface area contributed by atoms with Gasteiger partial charge in [0, 0.05) is 18.3 Å². The van der Waals surface area contributed by atoms with Crippen molar-refractivity contribution in [3.8, 4) is 0 Å². The zero-order valence-electron chi connectivity index (χ0n) is 19.0. The summed E-state index contributed by atoms with van der Waals surface area (Å²) in [7, 11) is 0. The minimum atomic E-state index is -0.972. The van der Waals surface area contributed by atoms with Crippen LogP contribution in [0.25, 0.3) is 0 Å². The van der Waals surface area contributed by atoms with E-state index in [4.69, 9.17) is 11.5 Å². The second kappa shape index (κ2) is 13.7. The Morgan fingerprint density at radius 1 is 1.03 bits per heavy atom. The van der Waals surface area contributed by atoms with Crippen LogP contribution in [-0.4, -0.2) is 69.8 Å². The van der Waals surface area contributed by atoms with Crippen molar-refractivity contribution >= 4 is 35.4 Å². The van der Waals surface area contributed by atoms with Gasteiger partial charge in [0.15, 0.2) is 0 Å². The number of nitrogens with zero attached hydrogens (tertiary/aromatic N) is 1. The maximum Gasteiger partial charge on any atom is 0.243 e. The molecule has 0 aliphatic rings. The average Bonchev–Trinajstić information content (AvgIpc) is 3.22. The summed E-state index contributed by atoms with van der Waals surface area (Å²) in [6.07, 6.45) is 5.75. The van der Waals surface area contributed by atoms with Crippen molar-refractivity contribution in [1.29, 1.82) is 0 Å². The zero-order chi connectivity index (χ0) is 24.3. The second-order valence-electron chi connectivity index (χ2n) is 8.07. The quantitative estimate of drug-likeness (QED) is 0.202. The molecule has 1 rings (SSSR count). The molecule has 1 aromatic heterocycles. The van der Waals surface area contributed by atoms with Gasteiger partial charge in [0.1, 0.15) is 18.1 Å². The second-order valence-corrected chi connectivity index (χ2v) is 9.05. The standard InChI is InChI=1S/C20H35N7O4S/c1-11(2)7-15(19(30)25-14(17(22)28)5-6-32-4)27-20(31)16(26-18(29)12(3)21)8-13-9-23-10-24-13/h9-12,14-16H,5-8,21H2,1-4H3,(H2,22,28)(H,23,24)(H,25,30)(H,26,29)(H,27,31)/t12-,14+,15+,16+/m1/s1. The highest BCUT2D eigenvalue weighted by atomic mass is 32.2. The van der Waals surface area contributed by atoms with E-state index in [0.717, 1.165) is 0 Å². The molecule has 4 amide bonds. The maximum atomic E-state index is 13.0. The molecule has 0 bridgehead atoms. The van der Waals surface area contributed by atoms with Gasteiger partial charge < -0.3 is 32.4 Å². The van der Waals surface area contributed by atoms with E-state index in [1.807, 2.05) is 20.1 Å². The zero-order valence-corrected chi connectivity index (χ0v) is 19.8. The summed E-state index contributed by atoms with van der Waals surface area (Å²) in [6.45, 7) is 5.32. The van der Waals surface area contributed by atoms with Gasteiger partial charge in [0.25, 0.3) is 0 Å². The molecule has 11 nitrogen and oxygen atoms in total. The molecule has 180 valence electrons. The minimum Gasteiger partial charge on any atom is -0.368 e. The predicted molar refractivity (Wildman–Crippen MR) is 123 cm³/mol. The molecular weight excluding hydrogens is 434 g/mol. The number of imidazole rings is 1. The van der Waals surface area contributed by atoms with Crippen LogP contribution in [0.1, 0.15) is 39.3 Å². The summed E-state index contributed by atoms with van der Waals surface area (Å²) in [5.41, 5.74) is 11.7. The van der Waals surface area contributed by atoms with Crippen molar-refractivity contribution in [3.63, 3.8) is 0 Å². The van der Waals surface area contributed by atoms with Gasteiger partial charge >= 0.3 is 0 Å². The number of carbonyl (C=O) groups is 4. The Bertz CT molecular complexity index is 755. The number of nitrogens with one attached hydrogen (secondary N) is 4. The Kier molecular flexibility index (Phi) is 11.8. The normalized spacial score (nSPS) is 14.8. The number of primary amides is 1. The highest BCUT2D eigenvalue weighted by Gasteiger charge is 2.30. The van der Waals surface area contributed by atoms with Crippen molar-refractivity contribution in [2.24, 2.45) is 17.4 Å². The Hall–Kier alpha value is -2.60. The molecule has 0 radical (unpaired) electrons. The SMILES string of the molecule is CSCC[C@H](NC(=O)[C@H](CC(C)C)NC(=O)[C@H](Cc1cnc[nH]1)NC(=O)[C@@H](C)N)C(N)=O. The van der Waals surface area contributed by atoms with E-state index in [0.29, 0.717) is 24.3 Å². The van der Waals surface area contributed by atoms with Crippen LogP contribution in [0, 0.1) is 5.92 Å². The monoisotopic (exact) mass is 469 g/mol. The van der Waals surface area contributed by atoms with Gasteiger partial charge in [-0.05, 0) is 37.7 Å². The molecule has 0 aromatic carbocycles. The fourth-order valence-electron chi connectivity index (χ4n) is 2.90. The summed E-state index contributed by atoms with van der Waals surface area (Å²) in [5, 5.41) is 7.95. The van der Waals surface area contributed by atoms with Gasteiger partial charge in [0.2, 0.25) is 23.6 Å². The summed E-state index contributed by atoms with van der Waals surface area (Å²) in [5.74, 6) is -1.47. The van der Waals surface area contributed by atoms with Crippen LogP contribution in [0.3, 0.4) is 0 Å². The Morgan fingerprint density at radius 2 is 1.62 bits per heavy atom. The van der Waals surface area contributed by atoms with E-state index in [9.17, 15) is 19.2 Å². The van der Waals surface area contributed by atoms with Gasteiger partial charge in [0.05, 0.1) is 12.4 Å². The highest BCUT2D eigenvalue weighted by molar-refractivity contribution is 7.98. The van der Waals surface area contributed by atoms with Crippen LogP contribution in [0.15, 0.2) is 12.5 Å². The smallest absolute Gasteiger partial charge is 0.243 e. The molecular formula is C20H35N7O4S. The van der Waals surface area contributed by atoms with Gasteiger partial charge in [-0.25, -0.2) is 4.98 Å². The topological polar surface area (TPSA) is 185 Å². The molecule has 1 aromatic rings. The third kappa shape index (κ3) is 9.69. The Balaban J connectivity index is 2.98. The Morgan fingerprint density at radius 3 is 2.12 bits per heavy atom. The van der Waals surface area contributed by atoms with E-state index >= 15 is 0 Å².